The van der Waals surface area contributed by atoms with Crippen LogP contribution in [0.4, 0.5) is 5.69 Å². The SMILES string of the molecule is Cc1cccc(N2C(=O)/C(=C/c3cn(C)c4ccccc34)C(=O)NC2=S)c1. The van der Waals surface area contributed by atoms with Crippen molar-refractivity contribution < 1.29 is 9.59 Å². The summed E-state index contributed by atoms with van der Waals surface area (Å²) in [4.78, 5) is 27.0. The summed E-state index contributed by atoms with van der Waals surface area (Å²) in [6, 6.07) is 15.3. The fraction of sp³-hybridized carbons (Fsp3) is 0.0952. The Bertz CT molecular complexity index is 1140. The molecule has 2 aromatic carbocycles. The van der Waals surface area contributed by atoms with Crippen LogP contribution in [0.5, 0.6) is 0 Å². The first-order chi connectivity index (χ1) is 13.0. The van der Waals surface area contributed by atoms with Gasteiger partial charge in [-0.1, -0.05) is 30.3 Å². The van der Waals surface area contributed by atoms with E-state index in [1.54, 1.807) is 12.1 Å². The van der Waals surface area contributed by atoms with E-state index in [0.717, 1.165) is 22.0 Å². The Morgan fingerprint density at radius 1 is 1.07 bits per heavy atom. The third-order valence-electron chi connectivity index (χ3n) is 4.59. The zero-order valence-electron chi connectivity index (χ0n) is 14.9. The largest absolute Gasteiger partial charge is 0.350 e. The van der Waals surface area contributed by atoms with Crippen LogP contribution in [0.1, 0.15) is 11.1 Å². The lowest BCUT2D eigenvalue weighted by molar-refractivity contribution is -0.122. The third-order valence-corrected chi connectivity index (χ3v) is 4.87. The monoisotopic (exact) mass is 375 g/mol. The summed E-state index contributed by atoms with van der Waals surface area (Å²) in [5.41, 5.74) is 3.53. The summed E-state index contributed by atoms with van der Waals surface area (Å²) in [5, 5.41) is 3.69. The smallest absolute Gasteiger partial charge is 0.270 e. The number of carbonyl (C=O) groups is 2. The van der Waals surface area contributed by atoms with Gasteiger partial charge in [0.1, 0.15) is 5.57 Å². The number of hydrogen-bond acceptors (Lipinski definition) is 3. The van der Waals surface area contributed by atoms with Crippen LogP contribution in [-0.2, 0) is 16.6 Å². The summed E-state index contributed by atoms with van der Waals surface area (Å²) in [6.07, 6.45) is 3.53. The molecule has 0 bridgehead atoms. The highest BCUT2D eigenvalue weighted by atomic mass is 32.1. The van der Waals surface area contributed by atoms with Gasteiger partial charge in [-0.25, -0.2) is 0 Å². The first-order valence-corrected chi connectivity index (χ1v) is 8.89. The molecule has 3 aromatic rings. The molecular weight excluding hydrogens is 358 g/mol. The number of para-hydroxylation sites is 1. The Labute approximate surface area is 161 Å². The highest BCUT2D eigenvalue weighted by Crippen LogP contribution is 2.26. The second-order valence-corrected chi connectivity index (χ2v) is 6.90. The Balaban J connectivity index is 1.82. The average Bonchev–Trinajstić information content (AvgIpc) is 2.95. The minimum atomic E-state index is -0.484. The van der Waals surface area contributed by atoms with E-state index >= 15 is 0 Å². The van der Waals surface area contributed by atoms with Crippen molar-refractivity contribution in [2.45, 2.75) is 6.92 Å². The molecular formula is C21H17N3O2S. The number of carbonyl (C=O) groups excluding carboxylic acids is 2. The maximum absolute atomic E-state index is 13.1. The van der Waals surface area contributed by atoms with E-state index in [1.165, 1.54) is 4.90 Å². The van der Waals surface area contributed by atoms with E-state index in [4.69, 9.17) is 12.2 Å². The van der Waals surface area contributed by atoms with E-state index in [2.05, 4.69) is 5.32 Å². The number of benzene rings is 2. The molecule has 6 heteroatoms. The maximum Gasteiger partial charge on any atom is 0.270 e. The summed E-state index contributed by atoms with van der Waals surface area (Å²) >= 11 is 5.25. The summed E-state index contributed by atoms with van der Waals surface area (Å²) < 4.78 is 1.97. The number of aromatic nitrogens is 1. The molecule has 0 unspecified atom stereocenters. The predicted octanol–water partition coefficient (Wildman–Crippen LogP) is 3.32. The number of rotatable bonds is 2. The minimum absolute atomic E-state index is 0.0569. The van der Waals surface area contributed by atoms with Crippen molar-refractivity contribution in [2.75, 3.05) is 4.90 Å². The molecule has 134 valence electrons. The molecule has 0 saturated carbocycles. The number of aryl methyl sites for hydroxylation is 2. The first-order valence-electron chi connectivity index (χ1n) is 8.48. The highest BCUT2D eigenvalue weighted by Gasteiger charge is 2.34. The molecule has 1 fully saturated rings. The van der Waals surface area contributed by atoms with Crippen molar-refractivity contribution in [3.8, 4) is 0 Å². The van der Waals surface area contributed by atoms with Crippen LogP contribution in [-0.4, -0.2) is 21.5 Å². The van der Waals surface area contributed by atoms with E-state index in [0.29, 0.717) is 5.69 Å². The van der Waals surface area contributed by atoms with Gasteiger partial charge < -0.3 is 4.57 Å². The fourth-order valence-electron chi connectivity index (χ4n) is 3.30. The molecule has 5 nitrogen and oxygen atoms in total. The van der Waals surface area contributed by atoms with Crippen LogP contribution >= 0.6 is 12.2 Å². The van der Waals surface area contributed by atoms with Gasteiger partial charge in [0, 0.05) is 29.7 Å². The third kappa shape index (κ3) is 2.94. The number of thiocarbonyl (C=S) groups is 1. The fourth-order valence-corrected chi connectivity index (χ4v) is 3.58. The molecule has 0 aliphatic carbocycles. The van der Waals surface area contributed by atoms with Gasteiger partial charge >= 0.3 is 0 Å². The second kappa shape index (κ2) is 6.48. The Kier molecular flexibility index (Phi) is 4.12. The Morgan fingerprint density at radius 2 is 1.85 bits per heavy atom. The molecule has 1 N–H and O–H groups in total. The zero-order valence-corrected chi connectivity index (χ0v) is 15.7. The zero-order chi connectivity index (χ0) is 19.1. The highest BCUT2D eigenvalue weighted by molar-refractivity contribution is 7.80. The quantitative estimate of drug-likeness (QED) is 0.425. The predicted molar refractivity (Wildman–Crippen MR) is 110 cm³/mol. The number of fused-ring (bicyclic) bond motifs is 1. The normalized spacial score (nSPS) is 16.3. The molecule has 0 spiro atoms. The van der Waals surface area contributed by atoms with E-state index in [9.17, 15) is 9.59 Å². The molecule has 27 heavy (non-hydrogen) atoms. The Hall–Kier alpha value is -3.25. The van der Waals surface area contributed by atoms with Crippen molar-refractivity contribution in [3.05, 3.63) is 71.4 Å². The van der Waals surface area contributed by atoms with Gasteiger partial charge in [0.25, 0.3) is 11.8 Å². The lowest BCUT2D eigenvalue weighted by atomic mass is 10.1. The second-order valence-electron chi connectivity index (χ2n) is 6.51. The van der Waals surface area contributed by atoms with Gasteiger partial charge in [-0.15, -0.1) is 0 Å². The first kappa shape index (κ1) is 17.2. The van der Waals surface area contributed by atoms with Crippen molar-refractivity contribution in [2.24, 2.45) is 7.05 Å². The Morgan fingerprint density at radius 3 is 2.63 bits per heavy atom. The van der Waals surface area contributed by atoms with Crippen molar-refractivity contribution in [3.63, 3.8) is 0 Å². The lowest BCUT2D eigenvalue weighted by Gasteiger charge is -2.29. The van der Waals surface area contributed by atoms with Crippen LogP contribution in [0.15, 0.2) is 60.3 Å². The van der Waals surface area contributed by atoms with Gasteiger partial charge in [-0.3, -0.25) is 19.8 Å². The molecule has 4 rings (SSSR count). The summed E-state index contributed by atoms with van der Waals surface area (Å²) in [7, 11) is 1.93. The molecule has 2 amide bonds. The minimum Gasteiger partial charge on any atom is -0.350 e. The average molecular weight is 375 g/mol. The van der Waals surface area contributed by atoms with Gasteiger partial charge in [-0.2, -0.15) is 0 Å². The topological polar surface area (TPSA) is 54.3 Å². The van der Waals surface area contributed by atoms with Crippen LogP contribution in [0.3, 0.4) is 0 Å². The van der Waals surface area contributed by atoms with Crippen LogP contribution in [0, 0.1) is 6.92 Å². The number of hydrogen-bond donors (Lipinski definition) is 1. The lowest BCUT2D eigenvalue weighted by Crippen LogP contribution is -2.54. The van der Waals surface area contributed by atoms with Gasteiger partial charge in [0.2, 0.25) is 0 Å². The van der Waals surface area contributed by atoms with Gasteiger partial charge in [-0.05, 0) is 49.0 Å². The molecule has 1 saturated heterocycles. The van der Waals surface area contributed by atoms with E-state index in [1.807, 2.05) is 67.2 Å². The molecule has 1 aliphatic heterocycles. The molecule has 1 aromatic heterocycles. The number of anilines is 1. The molecule has 0 atom stereocenters. The van der Waals surface area contributed by atoms with Crippen LogP contribution < -0.4 is 10.2 Å². The van der Waals surface area contributed by atoms with Crippen molar-refractivity contribution in [1.29, 1.82) is 0 Å². The standard InChI is InChI=1S/C21H17N3O2S/c1-13-6-5-7-15(10-13)24-20(26)17(19(25)22-21(24)27)11-14-12-23(2)18-9-4-3-8-16(14)18/h3-12H,1-2H3,(H,22,25,27)/b17-11+. The van der Waals surface area contributed by atoms with Crippen LogP contribution in [0.2, 0.25) is 0 Å². The number of amides is 2. The van der Waals surface area contributed by atoms with Crippen LogP contribution in [0.25, 0.3) is 17.0 Å². The maximum atomic E-state index is 13.1. The van der Waals surface area contributed by atoms with Crippen molar-refractivity contribution in [1.82, 2.24) is 9.88 Å². The summed E-state index contributed by atoms with van der Waals surface area (Å²) in [5.74, 6) is -0.913. The molecule has 1 aliphatic rings. The number of nitrogens with zero attached hydrogens (tertiary/aromatic N) is 2. The van der Waals surface area contributed by atoms with E-state index in [-0.39, 0.29) is 10.7 Å². The number of nitrogens with one attached hydrogen (secondary N) is 1. The van der Waals surface area contributed by atoms with Crippen molar-refractivity contribution >= 4 is 51.8 Å². The summed E-state index contributed by atoms with van der Waals surface area (Å²) in [6.45, 7) is 1.94. The van der Waals surface area contributed by atoms with Gasteiger partial charge in [0.15, 0.2) is 5.11 Å². The molecule has 2 heterocycles. The van der Waals surface area contributed by atoms with Gasteiger partial charge in [0.05, 0.1) is 5.69 Å². The molecule has 0 radical (unpaired) electrons. The van der Waals surface area contributed by atoms with E-state index < -0.39 is 11.8 Å².